The van der Waals surface area contributed by atoms with Crippen LogP contribution in [-0.2, 0) is 6.54 Å². The van der Waals surface area contributed by atoms with Crippen LogP contribution in [0.1, 0.15) is 44.1 Å². The van der Waals surface area contributed by atoms with Crippen molar-refractivity contribution in [2.24, 2.45) is 0 Å². The highest BCUT2D eigenvalue weighted by molar-refractivity contribution is 5.32. The Hall–Kier alpha value is -1.46. The molecule has 0 atom stereocenters. The van der Waals surface area contributed by atoms with Crippen molar-refractivity contribution in [2.75, 3.05) is 6.54 Å². The summed E-state index contributed by atoms with van der Waals surface area (Å²) in [5.74, 6) is 0. The maximum atomic E-state index is 10.6. The molecule has 0 radical (unpaired) electrons. The molecule has 5 nitrogen and oxygen atoms in total. The fraction of sp³-hybridized carbons (Fsp3) is 0.600. The highest BCUT2D eigenvalue weighted by Gasteiger charge is 2.27. The van der Waals surface area contributed by atoms with Gasteiger partial charge < -0.3 is 10.4 Å². The van der Waals surface area contributed by atoms with Crippen LogP contribution in [-0.4, -0.2) is 22.2 Å². The van der Waals surface area contributed by atoms with E-state index in [2.05, 4.69) is 5.32 Å². The molecule has 2 N–H and O–H groups in total. The largest absolute Gasteiger partial charge is 0.389 e. The lowest BCUT2D eigenvalue weighted by Crippen LogP contribution is -2.39. The van der Waals surface area contributed by atoms with E-state index in [0.29, 0.717) is 13.1 Å². The van der Waals surface area contributed by atoms with Crippen molar-refractivity contribution in [3.05, 3.63) is 39.9 Å². The molecule has 20 heavy (non-hydrogen) atoms. The van der Waals surface area contributed by atoms with Crippen LogP contribution in [0.25, 0.3) is 0 Å². The van der Waals surface area contributed by atoms with Gasteiger partial charge in [0.25, 0.3) is 5.69 Å². The van der Waals surface area contributed by atoms with E-state index in [-0.39, 0.29) is 5.69 Å². The number of non-ortho nitro benzene ring substituents is 1. The van der Waals surface area contributed by atoms with Gasteiger partial charge >= 0.3 is 0 Å². The molecule has 1 aliphatic carbocycles. The van der Waals surface area contributed by atoms with E-state index in [1.54, 1.807) is 12.1 Å². The molecule has 0 aliphatic heterocycles. The number of rotatable bonds is 5. The number of hydrogen-bond acceptors (Lipinski definition) is 4. The van der Waals surface area contributed by atoms with Crippen LogP contribution in [0.4, 0.5) is 5.69 Å². The SMILES string of the molecule is O=[N+]([O-])c1ccc(CNCC2(O)CCCCCC2)cc1. The van der Waals surface area contributed by atoms with Gasteiger partial charge in [-0.05, 0) is 18.4 Å². The summed E-state index contributed by atoms with van der Waals surface area (Å²) in [6.45, 7) is 1.21. The van der Waals surface area contributed by atoms with Crippen molar-refractivity contribution in [1.29, 1.82) is 0 Å². The summed E-state index contributed by atoms with van der Waals surface area (Å²) in [4.78, 5) is 10.2. The molecule has 110 valence electrons. The van der Waals surface area contributed by atoms with Gasteiger partial charge in [0, 0.05) is 25.2 Å². The maximum absolute atomic E-state index is 10.6. The molecule has 0 unspecified atom stereocenters. The van der Waals surface area contributed by atoms with Gasteiger partial charge in [0.1, 0.15) is 0 Å². The minimum atomic E-state index is -0.586. The highest BCUT2D eigenvalue weighted by Crippen LogP contribution is 2.26. The predicted octanol–water partition coefficient (Wildman–Crippen LogP) is 2.77. The number of hydrogen-bond donors (Lipinski definition) is 2. The van der Waals surface area contributed by atoms with Crippen molar-refractivity contribution >= 4 is 5.69 Å². The van der Waals surface area contributed by atoms with Gasteiger partial charge in [0.05, 0.1) is 10.5 Å². The summed E-state index contributed by atoms with van der Waals surface area (Å²) in [6, 6.07) is 6.53. The Labute approximate surface area is 119 Å². The van der Waals surface area contributed by atoms with Crippen molar-refractivity contribution < 1.29 is 10.0 Å². The predicted molar refractivity (Wildman–Crippen MR) is 77.5 cm³/mol. The molecular formula is C15H22N2O3. The normalized spacial score (nSPS) is 18.4. The first-order valence-electron chi connectivity index (χ1n) is 7.26. The third kappa shape index (κ3) is 4.28. The third-order valence-corrected chi connectivity index (χ3v) is 3.96. The molecule has 1 fully saturated rings. The Morgan fingerprint density at radius 2 is 1.75 bits per heavy atom. The average molecular weight is 278 g/mol. The summed E-state index contributed by atoms with van der Waals surface area (Å²) < 4.78 is 0. The second kappa shape index (κ2) is 6.81. The summed E-state index contributed by atoms with van der Waals surface area (Å²) in [5.41, 5.74) is 0.515. The molecule has 2 rings (SSSR count). The van der Waals surface area contributed by atoms with E-state index in [0.717, 1.165) is 31.2 Å². The fourth-order valence-corrected chi connectivity index (χ4v) is 2.74. The van der Waals surface area contributed by atoms with Crippen LogP contribution in [0.2, 0.25) is 0 Å². The van der Waals surface area contributed by atoms with Gasteiger partial charge in [0.2, 0.25) is 0 Å². The molecule has 0 bridgehead atoms. The van der Waals surface area contributed by atoms with E-state index in [1.807, 2.05) is 0 Å². The number of benzene rings is 1. The first-order valence-corrected chi connectivity index (χ1v) is 7.26. The number of nitro groups is 1. The lowest BCUT2D eigenvalue weighted by atomic mass is 9.94. The minimum absolute atomic E-state index is 0.108. The quantitative estimate of drug-likeness (QED) is 0.493. The Morgan fingerprint density at radius 3 is 2.30 bits per heavy atom. The Bertz CT molecular complexity index is 437. The standard InChI is InChI=1S/C15H22N2O3/c18-15(9-3-1-2-4-10-15)12-16-11-13-5-7-14(8-6-13)17(19)20/h5-8,16,18H,1-4,9-12H2. The van der Waals surface area contributed by atoms with Crippen LogP contribution in [0.15, 0.2) is 24.3 Å². The first-order chi connectivity index (χ1) is 9.59. The fourth-order valence-electron chi connectivity index (χ4n) is 2.74. The van der Waals surface area contributed by atoms with Crippen LogP contribution in [0, 0.1) is 10.1 Å². The second-order valence-electron chi connectivity index (χ2n) is 5.67. The van der Waals surface area contributed by atoms with E-state index in [9.17, 15) is 15.2 Å². The molecule has 0 amide bonds. The van der Waals surface area contributed by atoms with Gasteiger partial charge in [0.15, 0.2) is 0 Å². The summed E-state index contributed by atoms with van der Waals surface area (Å²) >= 11 is 0. The monoisotopic (exact) mass is 278 g/mol. The van der Waals surface area contributed by atoms with Crippen molar-refractivity contribution in [1.82, 2.24) is 5.32 Å². The van der Waals surface area contributed by atoms with E-state index in [1.165, 1.54) is 25.0 Å². The Kier molecular flexibility index (Phi) is 5.09. The van der Waals surface area contributed by atoms with Gasteiger partial charge in [-0.15, -0.1) is 0 Å². The van der Waals surface area contributed by atoms with Gasteiger partial charge in [-0.25, -0.2) is 0 Å². The molecule has 0 heterocycles. The Balaban J connectivity index is 1.81. The topological polar surface area (TPSA) is 75.4 Å². The summed E-state index contributed by atoms with van der Waals surface area (Å²) in [5, 5.41) is 24.3. The number of aliphatic hydroxyl groups is 1. The van der Waals surface area contributed by atoms with Crippen LogP contribution >= 0.6 is 0 Å². The highest BCUT2D eigenvalue weighted by atomic mass is 16.6. The van der Waals surface area contributed by atoms with Gasteiger partial charge in [-0.3, -0.25) is 10.1 Å². The third-order valence-electron chi connectivity index (χ3n) is 3.96. The number of nitro benzene ring substituents is 1. The average Bonchev–Trinajstić information content (AvgIpc) is 2.64. The minimum Gasteiger partial charge on any atom is -0.389 e. The number of nitrogens with zero attached hydrogens (tertiary/aromatic N) is 1. The van der Waals surface area contributed by atoms with E-state index < -0.39 is 10.5 Å². The van der Waals surface area contributed by atoms with Gasteiger partial charge in [-0.1, -0.05) is 37.8 Å². The zero-order valence-corrected chi connectivity index (χ0v) is 11.7. The van der Waals surface area contributed by atoms with E-state index in [4.69, 9.17) is 0 Å². The lowest BCUT2D eigenvalue weighted by Gasteiger charge is -2.27. The molecule has 1 saturated carbocycles. The molecule has 1 aliphatic rings. The molecule has 1 aromatic rings. The van der Waals surface area contributed by atoms with Crippen LogP contribution in [0.3, 0.4) is 0 Å². The molecule has 0 spiro atoms. The maximum Gasteiger partial charge on any atom is 0.269 e. The van der Waals surface area contributed by atoms with Crippen LogP contribution < -0.4 is 5.32 Å². The first kappa shape index (κ1) is 14.9. The number of nitrogens with one attached hydrogen (secondary N) is 1. The molecular weight excluding hydrogens is 256 g/mol. The van der Waals surface area contributed by atoms with Crippen molar-refractivity contribution in [3.63, 3.8) is 0 Å². The van der Waals surface area contributed by atoms with E-state index >= 15 is 0 Å². The van der Waals surface area contributed by atoms with Gasteiger partial charge in [-0.2, -0.15) is 0 Å². The molecule has 0 aromatic heterocycles. The second-order valence-corrected chi connectivity index (χ2v) is 5.67. The summed E-state index contributed by atoms with van der Waals surface area (Å²) in [7, 11) is 0. The van der Waals surface area contributed by atoms with Crippen molar-refractivity contribution in [2.45, 2.75) is 50.7 Å². The molecule has 0 saturated heterocycles. The molecule has 1 aromatic carbocycles. The van der Waals surface area contributed by atoms with Crippen LogP contribution in [0.5, 0.6) is 0 Å². The zero-order valence-electron chi connectivity index (χ0n) is 11.7. The Morgan fingerprint density at radius 1 is 1.15 bits per heavy atom. The smallest absolute Gasteiger partial charge is 0.269 e. The molecule has 5 heteroatoms. The lowest BCUT2D eigenvalue weighted by molar-refractivity contribution is -0.384. The summed E-state index contributed by atoms with van der Waals surface area (Å²) in [6.07, 6.45) is 6.33. The van der Waals surface area contributed by atoms with Crippen molar-refractivity contribution in [3.8, 4) is 0 Å². The zero-order chi connectivity index (χ0) is 14.4.